The van der Waals surface area contributed by atoms with Gasteiger partial charge in [-0.2, -0.15) is 0 Å². The Bertz CT molecular complexity index is 941. The molecule has 3 amide bonds. The summed E-state index contributed by atoms with van der Waals surface area (Å²) in [6.07, 6.45) is 1.63. The van der Waals surface area contributed by atoms with Gasteiger partial charge in [-0.15, -0.1) is 0 Å². The molecule has 0 aliphatic carbocycles. The third-order valence-corrected chi connectivity index (χ3v) is 4.92. The first-order valence-corrected chi connectivity index (χ1v) is 10.1. The Morgan fingerprint density at radius 2 is 1.79 bits per heavy atom. The quantitative estimate of drug-likeness (QED) is 0.685. The Kier molecular flexibility index (Phi) is 6.72. The van der Waals surface area contributed by atoms with Crippen molar-refractivity contribution in [3.63, 3.8) is 0 Å². The van der Waals surface area contributed by atoms with Crippen molar-refractivity contribution in [2.24, 2.45) is 5.92 Å². The molecule has 7 heteroatoms. The molecule has 0 radical (unpaired) electrons. The van der Waals surface area contributed by atoms with Crippen LogP contribution in [-0.4, -0.2) is 35.1 Å². The van der Waals surface area contributed by atoms with Gasteiger partial charge in [-0.25, -0.2) is 0 Å². The predicted molar refractivity (Wildman–Crippen MR) is 115 cm³/mol. The van der Waals surface area contributed by atoms with Gasteiger partial charge in [0.25, 0.3) is 11.1 Å². The third-order valence-electron chi connectivity index (χ3n) is 4.01. The fourth-order valence-corrected chi connectivity index (χ4v) is 3.46. The minimum Gasteiger partial charge on any atom is -0.493 e. The van der Waals surface area contributed by atoms with Gasteiger partial charge in [-0.3, -0.25) is 19.3 Å². The number of carbonyl (C=O) groups excluding carboxylic acids is 3. The van der Waals surface area contributed by atoms with Crippen LogP contribution in [0.15, 0.2) is 59.5 Å². The molecule has 0 unspecified atom stereocenters. The lowest BCUT2D eigenvalue weighted by atomic mass is 10.1. The number of anilines is 1. The first-order valence-electron chi connectivity index (χ1n) is 9.26. The van der Waals surface area contributed by atoms with Crippen molar-refractivity contribution in [1.29, 1.82) is 0 Å². The zero-order chi connectivity index (χ0) is 20.8. The molecule has 150 valence electrons. The molecule has 2 aromatic rings. The van der Waals surface area contributed by atoms with Gasteiger partial charge in [-0.05, 0) is 42.0 Å². The number of imide groups is 1. The van der Waals surface area contributed by atoms with E-state index < -0.39 is 17.1 Å². The molecule has 0 saturated carbocycles. The summed E-state index contributed by atoms with van der Waals surface area (Å²) in [6.45, 7) is 4.32. The lowest BCUT2D eigenvalue weighted by molar-refractivity contribution is -0.127. The van der Waals surface area contributed by atoms with Crippen LogP contribution in [0.3, 0.4) is 0 Å². The first-order chi connectivity index (χ1) is 13.9. The van der Waals surface area contributed by atoms with Crippen LogP contribution in [0.2, 0.25) is 0 Å². The fraction of sp³-hybridized carbons (Fsp3) is 0.227. The number of hydrogen-bond acceptors (Lipinski definition) is 5. The smallest absolute Gasteiger partial charge is 0.294 e. The maximum Gasteiger partial charge on any atom is 0.294 e. The van der Waals surface area contributed by atoms with Gasteiger partial charge >= 0.3 is 0 Å². The number of nitrogens with zero attached hydrogens (tertiary/aromatic N) is 1. The van der Waals surface area contributed by atoms with Crippen LogP contribution in [0, 0.1) is 5.92 Å². The molecule has 1 aliphatic heterocycles. The summed E-state index contributed by atoms with van der Waals surface area (Å²) in [4.78, 5) is 38.4. The third kappa shape index (κ3) is 5.48. The van der Waals surface area contributed by atoms with Crippen molar-refractivity contribution in [3.05, 3.63) is 65.1 Å². The average molecular weight is 410 g/mol. The fourth-order valence-electron chi connectivity index (χ4n) is 2.63. The van der Waals surface area contributed by atoms with Crippen LogP contribution < -0.4 is 10.1 Å². The minimum atomic E-state index is -0.484. The number of carbonyl (C=O) groups is 3. The van der Waals surface area contributed by atoms with Gasteiger partial charge in [0.15, 0.2) is 0 Å². The van der Waals surface area contributed by atoms with E-state index in [1.807, 2.05) is 30.3 Å². The highest BCUT2D eigenvalue weighted by Gasteiger charge is 2.36. The van der Waals surface area contributed by atoms with E-state index in [1.165, 1.54) is 0 Å². The summed E-state index contributed by atoms with van der Waals surface area (Å²) in [6, 6.07) is 16.2. The first kappa shape index (κ1) is 20.7. The molecule has 1 fully saturated rings. The van der Waals surface area contributed by atoms with Gasteiger partial charge < -0.3 is 10.1 Å². The molecular weight excluding hydrogens is 388 g/mol. The van der Waals surface area contributed by atoms with Crippen molar-refractivity contribution < 1.29 is 19.1 Å². The highest BCUT2D eigenvalue weighted by Crippen LogP contribution is 2.34. The zero-order valence-corrected chi connectivity index (χ0v) is 17.1. The molecule has 3 rings (SSSR count). The van der Waals surface area contributed by atoms with Crippen LogP contribution in [0.5, 0.6) is 5.75 Å². The number of benzene rings is 2. The monoisotopic (exact) mass is 410 g/mol. The summed E-state index contributed by atoms with van der Waals surface area (Å²) >= 11 is 0.821. The lowest BCUT2D eigenvalue weighted by Crippen LogP contribution is -2.36. The average Bonchev–Trinajstić information content (AvgIpc) is 2.95. The maximum atomic E-state index is 12.7. The zero-order valence-electron chi connectivity index (χ0n) is 16.3. The Morgan fingerprint density at radius 1 is 1.10 bits per heavy atom. The summed E-state index contributed by atoms with van der Waals surface area (Å²) in [5.74, 6) is 0.0931. The van der Waals surface area contributed by atoms with Gasteiger partial charge in [0.2, 0.25) is 5.91 Å². The number of ether oxygens (including phenoxy) is 1. The standard InChI is InChI=1S/C22H22N2O4S/c1-15(2)14-28-18-11-7-6-8-16(18)12-19-21(26)24(22(27)29-19)13-20(25)23-17-9-4-3-5-10-17/h3-12,15H,13-14H2,1-2H3,(H,23,25)/b19-12+. The second-order valence-corrected chi connectivity index (χ2v) is 7.92. The Balaban J connectivity index is 1.71. The van der Waals surface area contributed by atoms with E-state index in [2.05, 4.69) is 19.2 Å². The summed E-state index contributed by atoms with van der Waals surface area (Å²) in [7, 11) is 0. The SMILES string of the molecule is CC(C)COc1ccccc1/C=C1/SC(=O)N(CC(=O)Nc2ccccc2)C1=O. The van der Waals surface area contributed by atoms with E-state index in [9.17, 15) is 14.4 Å². The molecule has 29 heavy (non-hydrogen) atoms. The van der Waals surface area contributed by atoms with Crippen LogP contribution >= 0.6 is 11.8 Å². The molecule has 0 atom stereocenters. The van der Waals surface area contributed by atoms with E-state index in [1.54, 1.807) is 30.3 Å². The number of hydrogen-bond donors (Lipinski definition) is 1. The van der Waals surface area contributed by atoms with Crippen molar-refractivity contribution in [2.75, 3.05) is 18.5 Å². The van der Waals surface area contributed by atoms with Crippen molar-refractivity contribution >= 4 is 40.6 Å². The van der Waals surface area contributed by atoms with Crippen molar-refractivity contribution in [2.45, 2.75) is 13.8 Å². The lowest BCUT2D eigenvalue weighted by Gasteiger charge is -2.13. The molecule has 0 aromatic heterocycles. The summed E-state index contributed by atoms with van der Waals surface area (Å²) < 4.78 is 5.80. The highest BCUT2D eigenvalue weighted by atomic mass is 32.2. The summed E-state index contributed by atoms with van der Waals surface area (Å²) in [5, 5.41) is 2.21. The maximum absolute atomic E-state index is 12.7. The van der Waals surface area contributed by atoms with E-state index in [0.29, 0.717) is 29.5 Å². The molecule has 1 aliphatic rings. The summed E-state index contributed by atoms with van der Waals surface area (Å²) in [5.41, 5.74) is 1.32. The second kappa shape index (κ2) is 9.43. The number of amides is 3. The number of para-hydroxylation sites is 2. The van der Waals surface area contributed by atoms with Gasteiger partial charge in [0, 0.05) is 11.3 Å². The highest BCUT2D eigenvalue weighted by molar-refractivity contribution is 8.18. The van der Waals surface area contributed by atoms with Crippen molar-refractivity contribution in [3.8, 4) is 5.75 Å². The van der Waals surface area contributed by atoms with Crippen LogP contribution in [0.1, 0.15) is 19.4 Å². The molecule has 0 bridgehead atoms. The molecule has 1 saturated heterocycles. The molecule has 1 heterocycles. The van der Waals surface area contributed by atoms with Crippen LogP contribution in [0.25, 0.3) is 6.08 Å². The topological polar surface area (TPSA) is 75.7 Å². The van der Waals surface area contributed by atoms with E-state index in [4.69, 9.17) is 4.74 Å². The second-order valence-electron chi connectivity index (χ2n) is 6.92. The molecule has 6 nitrogen and oxygen atoms in total. The normalized spacial score (nSPS) is 15.3. The van der Waals surface area contributed by atoms with Crippen molar-refractivity contribution in [1.82, 2.24) is 4.90 Å². The minimum absolute atomic E-state index is 0.267. The molecular formula is C22H22N2O4S. The van der Waals surface area contributed by atoms with E-state index >= 15 is 0 Å². The Labute approximate surface area is 173 Å². The van der Waals surface area contributed by atoms with Crippen LogP contribution in [0.4, 0.5) is 10.5 Å². The Morgan fingerprint density at radius 3 is 2.52 bits per heavy atom. The van der Waals surface area contributed by atoms with Gasteiger partial charge in [-0.1, -0.05) is 50.2 Å². The van der Waals surface area contributed by atoms with Gasteiger partial charge in [0.05, 0.1) is 11.5 Å². The van der Waals surface area contributed by atoms with Gasteiger partial charge in [0.1, 0.15) is 12.3 Å². The number of rotatable bonds is 7. The molecule has 2 aromatic carbocycles. The van der Waals surface area contributed by atoms with E-state index in [0.717, 1.165) is 16.7 Å². The predicted octanol–water partition coefficient (Wildman–Crippen LogP) is 4.40. The van der Waals surface area contributed by atoms with Crippen LogP contribution in [-0.2, 0) is 9.59 Å². The Hall–Kier alpha value is -3.06. The number of thioether (sulfide) groups is 1. The molecule has 0 spiro atoms. The van der Waals surface area contributed by atoms with E-state index in [-0.39, 0.29) is 11.4 Å². The largest absolute Gasteiger partial charge is 0.493 e. The molecule has 1 N–H and O–H groups in total. The number of nitrogens with one attached hydrogen (secondary N) is 1.